The Morgan fingerprint density at radius 1 is 1.11 bits per heavy atom. The highest BCUT2D eigenvalue weighted by Crippen LogP contribution is 2.28. The van der Waals surface area contributed by atoms with E-state index in [0.29, 0.717) is 19.6 Å². The van der Waals surface area contributed by atoms with Crippen LogP contribution in [0.15, 0.2) is 54.7 Å². The van der Waals surface area contributed by atoms with Crippen molar-refractivity contribution in [1.82, 2.24) is 29.8 Å². The van der Waals surface area contributed by atoms with E-state index < -0.39 is 0 Å². The summed E-state index contributed by atoms with van der Waals surface area (Å²) < 4.78 is 13.4. The average Bonchev–Trinajstić information content (AvgIpc) is 3.53. The van der Waals surface area contributed by atoms with Crippen LogP contribution in [0.4, 0.5) is 0 Å². The van der Waals surface area contributed by atoms with E-state index in [4.69, 9.17) is 9.47 Å². The van der Waals surface area contributed by atoms with Crippen molar-refractivity contribution in [3.8, 4) is 5.75 Å². The van der Waals surface area contributed by atoms with Gasteiger partial charge in [-0.1, -0.05) is 35.5 Å². The van der Waals surface area contributed by atoms with Crippen LogP contribution in [-0.4, -0.2) is 69.0 Å². The summed E-state index contributed by atoms with van der Waals surface area (Å²) in [5.41, 5.74) is 5.23. The number of ether oxygens (including phenoxy) is 2. The molecule has 2 aromatic carbocycles. The van der Waals surface area contributed by atoms with Gasteiger partial charge in [-0.3, -0.25) is 9.69 Å². The van der Waals surface area contributed by atoms with Gasteiger partial charge < -0.3 is 19.4 Å². The number of carbonyl (C=O) groups excluding carboxylic acids is 1. The van der Waals surface area contributed by atoms with Gasteiger partial charge in [-0.15, -0.1) is 5.10 Å². The van der Waals surface area contributed by atoms with Crippen LogP contribution >= 0.6 is 0 Å². The molecule has 1 unspecified atom stereocenters. The van der Waals surface area contributed by atoms with Crippen LogP contribution < -0.4 is 4.74 Å². The third kappa shape index (κ3) is 4.47. The van der Waals surface area contributed by atoms with Gasteiger partial charge in [-0.25, -0.2) is 4.68 Å². The van der Waals surface area contributed by atoms with E-state index in [9.17, 15) is 4.79 Å². The summed E-state index contributed by atoms with van der Waals surface area (Å²) in [4.78, 5) is 20.5. The Labute approximate surface area is 209 Å². The molecule has 4 heterocycles. The number of rotatable bonds is 6. The van der Waals surface area contributed by atoms with Gasteiger partial charge in [-0.2, -0.15) is 0 Å². The van der Waals surface area contributed by atoms with E-state index in [1.165, 1.54) is 0 Å². The van der Waals surface area contributed by atoms with Gasteiger partial charge in [0.1, 0.15) is 17.5 Å². The largest absolute Gasteiger partial charge is 0.497 e. The maximum absolute atomic E-state index is 13.0. The molecule has 186 valence electrons. The molecule has 2 aromatic heterocycles. The van der Waals surface area contributed by atoms with E-state index in [1.54, 1.807) is 7.11 Å². The topological polar surface area (TPSA) is 88.5 Å². The molecule has 1 atom stereocenters. The summed E-state index contributed by atoms with van der Waals surface area (Å²) in [5, 5.41) is 10.0. The van der Waals surface area contributed by atoms with Crippen molar-refractivity contribution in [1.29, 1.82) is 0 Å². The Morgan fingerprint density at radius 3 is 2.72 bits per heavy atom. The van der Waals surface area contributed by atoms with Gasteiger partial charge in [0.25, 0.3) is 0 Å². The minimum atomic E-state index is -0.0512. The first kappa shape index (κ1) is 22.8. The first-order valence-electron chi connectivity index (χ1n) is 12.4. The number of amides is 1. The smallest absolute Gasteiger partial charge is 0.227 e. The van der Waals surface area contributed by atoms with Gasteiger partial charge in [0.15, 0.2) is 0 Å². The van der Waals surface area contributed by atoms with E-state index in [2.05, 4.69) is 26.3 Å². The van der Waals surface area contributed by atoms with Crippen molar-refractivity contribution in [2.24, 2.45) is 0 Å². The van der Waals surface area contributed by atoms with Crippen LogP contribution in [0.2, 0.25) is 0 Å². The molecule has 0 bridgehead atoms. The molecule has 2 aliphatic heterocycles. The summed E-state index contributed by atoms with van der Waals surface area (Å²) in [6.07, 6.45) is 2.33. The molecule has 1 fully saturated rings. The van der Waals surface area contributed by atoms with Gasteiger partial charge in [0.05, 0.1) is 32.4 Å². The van der Waals surface area contributed by atoms with E-state index in [1.807, 2.05) is 58.2 Å². The summed E-state index contributed by atoms with van der Waals surface area (Å²) >= 11 is 0. The van der Waals surface area contributed by atoms with Gasteiger partial charge in [0, 0.05) is 49.8 Å². The van der Waals surface area contributed by atoms with Gasteiger partial charge in [0.2, 0.25) is 5.91 Å². The minimum absolute atomic E-state index is 0.0512. The Kier molecular flexibility index (Phi) is 6.16. The highest BCUT2D eigenvalue weighted by Gasteiger charge is 2.27. The fourth-order valence-electron chi connectivity index (χ4n) is 5.13. The number of hydrogen-bond acceptors (Lipinski definition) is 6. The molecule has 1 N–H and O–H groups in total. The molecule has 6 rings (SSSR count). The standard InChI is InChI=1S/C27H30N6O3/c1-35-21-8-6-19(7-9-21)26-17-33-25(18-36-26)24(29-30-33)16-31-10-12-32(13-11-31)27(34)14-20-15-28-23-5-3-2-4-22(20)23/h2-9,15,26,28H,10-14,16-18H2,1H3. The predicted molar refractivity (Wildman–Crippen MR) is 134 cm³/mol. The molecule has 0 spiro atoms. The number of carbonyl (C=O) groups is 1. The molecule has 0 saturated carbocycles. The highest BCUT2D eigenvalue weighted by molar-refractivity contribution is 5.88. The molecule has 0 radical (unpaired) electrons. The van der Waals surface area contributed by atoms with Crippen LogP contribution in [0.1, 0.15) is 28.6 Å². The summed E-state index contributed by atoms with van der Waals surface area (Å²) in [7, 11) is 1.66. The second-order valence-corrected chi connectivity index (χ2v) is 9.43. The first-order valence-corrected chi connectivity index (χ1v) is 12.4. The van der Waals surface area contributed by atoms with Gasteiger partial charge >= 0.3 is 0 Å². The molecule has 9 nitrogen and oxygen atoms in total. The van der Waals surface area contributed by atoms with Crippen molar-refractivity contribution in [2.45, 2.75) is 32.2 Å². The molecular formula is C27H30N6O3. The number of nitrogens with one attached hydrogen (secondary N) is 1. The lowest BCUT2D eigenvalue weighted by atomic mass is 10.1. The normalized spacial score (nSPS) is 18.4. The molecule has 2 aliphatic rings. The lowest BCUT2D eigenvalue weighted by Gasteiger charge is -2.34. The summed E-state index contributed by atoms with van der Waals surface area (Å²) in [6, 6.07) is 16.1. The SMILES string of the molecule is COc1ccc(C2Cn3nnc(CN4CCN(C(=O)Cc5c[nH]c6ccccc56)CC4)c3CO2)cc1. The first-order chi connectivity index (χ1) is 17.7. The summed E-state index contributed by atoms with van der Waals surface area (Å²) in [5.74, 6) is 1.01. The molecule has 4 aromatic rings. The lowest BCUT2D eigenvalue weighted by molar-refractivity contribution is -0.132. The monoisotopic (exact) mass is 486 g/mol. The predicted octanol–water partition coefficient (Wildman–Crippen LogP) is 2.93. The maximum Gasteiger partial charge on any atom is 0.227 e. The number of hydrogen-bond donors (Lipinski definition) is 1. The van der Waals surface area contributed by atoms with Crippen molar-refractivity contribution in [2.75, 3.05) is 33.3 Å². The van der Waals surface area contributed by atoms with E-state index >= 15 is 0 Å². The number of nitrogens with zero attached hydrogens (tertiary/aromatic N) is 5. The average molecular weight is 487 g/mol. The van der Waals surface area contributed by atoms with E-state index in [0.717, 1.165) is 71.9 Å². The molecule has 0 aliphatic carbocycles. The van der Waals surface area contributed by atoms with Crippen LogP contribution in [-0.2, 0) is 35.6 Å². The van der Waals surface area contributed by atoms with Crippen LogP contribution in [0, 0.1) is 0 Å². The van der Waals surface area contributed by atoms with Crippen molar-refractivity contribution >= 4 is 16.8 Å². The van der Waals surface area contributed by atoms with Crippen LogP contribution in [0.5, 0.6) is 5.75 Å². The fraction of sp³-hybridized carbons (Fsp3) is 0.370. The number of aromatic amines is 1. The Hall–Kier alpha value is -3.69. The van der Waals surface area contributed by atoms with Gasteiger partial charge in [-0.05, 0) is 29.3 Å². The number of para-hydroxylation sites is 1. The van der Waals surface area contributed by atoms with Crippen molar-refractivity contribution in [3.63, 3.8) is 0 Å². The third-order valence-corrected chi connectivity index (χ3v) is 7.28. The maximum atomic E-state index is 13.0. The number of aromatic nitrogens is 4. The van der Waals surface area contributed by atoms with Crippen LogP contribution in [0.25, 0.3) is 10.9 Å². The molecule has 1 saturated heterocycles. The molecular weight excluding hydrogens is 456 g/mol. The molecule has 36 heavy (non-hydrogen) atoms. The second-order valence-electron chi connectivity index (χ2n) is 9.43. The lowest BCUT2D eigenvalue weighted by Crippen LogP contribution is -2.48. The number of piperazine rings is 1. The zero-order chi connectivity index (χ0) is 24.5. The van der Waals surface area contributed by atoms with Crippen molar-refractivity contribution < 1.29 is 14.3 Å². The van der Waals surface area contributed by atoms with Crippen molar-refractivity contribution in [3.05, 3.63) is 77.2 Å². The second kappa shape index (κ2) is 9.75. The zero-order valence-corrected chi connectivity index (χ0v) is 20.4. The number of fused-ring (bicyclic) bond motifs is 2. The third-order valence-electron chi connectivity index (χ3n) is 7.28. The quantitative estimate of drug-likeness (QED) is 0.451. The minimum Gasteiger partial charge on any atom is -0.497 e. The summed E-state index contributed by atoms with van der Waals surface area (Å²) in [6.45, 7) is 4.94. The van der Waals surface area contributed by atoms with Crippen LogP contribution in [0.3, 0.4) is 0 Å². The Bertz CT molecular complexity index is 1350. The number of H-pyrrole nitrogens is 1. The fourth-order valence-corrected chi connectivity index (χ4v) is 5.13. The molecule has 9 heteroatoms. The molecule has 1 amide bonds. The highest BCUT2D eigenvalue weighted by atomic mass is 16.5. The zero-order valence-electron chi connectivity index (χ0n) is 20.4. The Balaban J connectivity index is 1.03. The van der Waals surface area contributed by atoms with E-state index in [-0.39, 0.29) is 12.0 Å². The number of benzene rings is 2. The number of methoxy groups -OCH3 is 1. The Morgan fingerprint density at radius 2 is 1.92 bits per heavy atom.